The number of hydrogen-bond donors (Lipinski definition) is 2. The molecular weight excluding hydrogens is 390 g/mol. The Hall–Kier alpha value is -0.770. The van der Waals surface area contributed by atoms with E-state index in [1.807, 2.05) is 18.4 Å². The predicted molar refractivity (Wildman–Crippen MR) is 118 cm³/mol. The van der Waals surface area contributed by atoms with Crippen LogP contribution in [0.2, 0.25) is 0 Å². The van der Waals surface area contributed by atoms with Crippen molar-refractivity contribution in [2.24, 2.45) is 0 Å². The maximum absolute atomic E-state index is 6.42. The van der Waals surface area contributed by atoms with Crippen molar-refractivity contribution in [1.29, 1.82) is 0 Å². The number of fused-ring (bicyclic) bond motifs is 2. The minimum atomic E-state index is -0.0291. The van der Waals surface area contributed by atoms with Gasteiger partial charge in [-0.3, -0.25) is 14.6 Å². The molecular formula is C20H33N5OS2. The molecule has 4 rings (SSSR count). The highest BCUT2D eigenvalue weighted by molar-refractivity contribution is 7.97. The lowest BCUT2D eigenvalue weighted by Gasteiger charge is -2.44. The van der Waals surface area contributed by atoms with Crippen molar-refractivity contribution in [3.63, 3.8) is 0 Å². The molecule has 2 N–H and O–H groups in total. The van der Waals surface area contributed by atoms with Gasteiger partial charge >= 0.3 is 0 Å². The minimum absolute atomic E-state index is 0.0291. The van der Waals surface area contributed by atoms with E-state index in [0.717, 1.165) is 64.2 Å². The maximum Gasteiger partial charge on any atom is 0.0966 e. The SMILES string of the molecule is CCc1cc2c(s1)CCOC21CCN(CC2=CN(CCSNC)N(C)N2)CC1. The van der Waals surface area contributed by atoms with Crippen LogP contribution < -0.4 is 10.1 Å². The molecule has 1 fully saturated rings. The third-order valence-corrected chi connectivity index (χ3v) is 8.04. The number of likely N-dealkylation sites (tertiary alicyclic amines) is 1. The summed E-state index contributed by atoms with van der Waals surface area (Å²) in [4.78, 5) is 5.65. The molecule has 0 atom stereocenters. The number of rotatable bonds is 7. The highest BCUT2D eigenvalue weighted by Gasteiger charge is 2.42. The summed E-state index contributed by atoms with van der Waals surface area (Å²) in [5.41, 5.74) is 6.25. The van der Waals surface area contributed by atoms with Gasteiger partial charge in [0.15, 0.2) is 0 Å². The molecule has 1 aromatic heterocycles. The Kier molecular flexibility index (Phi) is 6.54. The highest BCUT2D eigenvalue weighted by atomic mass is 32.2. The van der Waals surface area contributed by atoms with Gasteiger partial charge in [0.05, 0.1) is 17.9 Å². The molecule has 6 nitrogen and oxygen atoms in total. The number of nitrogens with zero attached hydrogens (tertiary/aromatic N) is 3. The molecule has 3 aliphatic rings. The van der Waals surface area contributed by atoms with Crippen molar-refractivity contribution < 1.29 is 4.74 Å². The van der Waals surface area contributed by atoms with Gasteiger partial charge in [0.2, 0.25) is 0 Å². The van der Waals surface area contributed by atoms with Gasteiger partial charge in [0.1, 0.15) is 0 Å². The van der Waals surface area contributed by atoms with Crippen molar-refractivity contribution in [3.05, 3.63) is 33.3 Å². The fourth-order valence-corrected chi connectivity index (χ4v) is 6.13. The number of thiophene rings is 1. The molecule has 1 spiro atoms. The van der Waals surface area contributed by atoms with Crippen LogP contribution in [0.4, 0.5) is 0 Å². The number of nitrogens with one attached hydrogen (secondary N) is 2. The van der Waals surface area contributed by atoms with E-state index in [-0.39, 0.29) is 5.60 Å². The monoisotopic (exact) mass is 423 g/mol. The second kappa shape index (κ2) is 8.93. The molecule has 28 heavy (non-hydrogen) atoms. The van der Waals surface area contributed by atoms with Crippen molar-refractivity contribution >= 4 is 23.3 Å². The molecule has 0 bridgehead atoms. The quantitative estimate of drug-likeness (QED) is 0.516. The molecule has 1 saturated heterocycles. The molecule has 0 radical (unpaired) electrons. The number of aryl methyl sites for hydroxylation is 1. The van der Waals surface area contributed by atoms with Crippen LogP contribution in [0.5, 0.6) is 0 Å². The van der Waals surface area contributed by atoms with Crippen LogP contribution in [-0.2, 0) is 23.2 Å². The van der Waals surface area contributed by atoms with Gasteiger partial charge in [-0.15, -0.1) is 16.5 Å². The van der Waals surface area contributed by atoms with Crippen molar-refractivity contribution in [3.8, 4) is 0 Å². The standard InChI is InChI=1S/C20H33N5OS2/c1-4-17-13-18-19(28-17)5-11-26-20(18)6-8-24(9-7-20)14-16-15-25(23(3)22-16)10-12-27-21-2/h13,15,21-22H,4-12,14H2,1-3H3. The van der Waals surface area contributed by atoms with Crippen LogP contribution >= 0.6 is 23.3 Å². The van der Waals surface area contributed by atoms with E-state index < -0.39 is 0 Å². The molecule has 0 aromatic carbocycles. The molecule has 1 aromatic rings. The van der Waals surface area contributed by atoms with Gasteiger partial charge in [0.25, 0.3) is 0 Å². The van der Waals surface area contributed by atoms with E-state index in [1.165, 1.54) is 16.1 Å². The van der Waals surface area contributed by atoms with Crippen LogP contribution in [-0.4, -0.2) is 67.7 Å². The van der Waals surface area contributed by atoms with Crippen molar-refractivity contribution in [2.75, 3.05) is 52.6 Å². The zero-order valence-electron chi connectivity index (χ0n) is 17.3. The number of ether oxygens (including phenoxy) is 1. The van der Waals surface area contributed by atoms with Gasteiger partial charge in [-0.05, 0) is 37.9 Å². The van der Waals surface area contributed by atoms with Crippen molar-refractivity contribution in [1.82, 2.24) is 25.2 Å². The molecule has 3 aliphatic heterocycles. The molecule has 0 saturated carbocycles. The van der Waals surface area contributed by atoms with Gasteiger partial charge < -0.3 is 10.2 Å². The average molecular weight is 424 g/mol. The van der Waals surface area contributed by atoms with Crippen LogP contribution in [0.25, 0.3) is 0 Å². The third kappa shape index (κ3) is 4.22. The summed E-state index contributed by atoms with van der Waals surface area (Å²) < 4.78 is 9.56. The first-order chi connectivity index (χ1) is 13.6. The minimum Gasteiger partial charge on any atom is -0.370 e. The van der Waals surface area contributed by atoms with Crippen LogP contribution in [0.3, 0.4) is 0 Å². The zero-order chi connectivity index (χ0) is 19.6. The lowest BCUT2D eigenvalue weighted by atomic mass is 9.82. The third-order valence-electron chi connectivity index (χ3n) is 6.03. The maximum atomic E-state index is 6.42. The van der Waals surface area contributed by atoms with Gasteiger partial charge in [0, 0.05) is 61.4 Å². The predicted octanol–water partition coefficient (Wildman–Crippen LogP) is 2.55. The molecule has 4 heterocycles. The van der Waals surface area contributed by atoms with Gasteiger partial charge in [-0.1, -0.05) is 18.9 Å². The molecule has 156 valence electrons. The summed E-state index contributed by atoms with van der Waals surface area (Å²) in [6, 6.07) is 2.44. The molecule has 8 heteroatoms. The van der Waals surface area contributed by atoms with E-state index in [4.69, 9.17) is 4.74 Å². The fraction of sp³-hybridized carbons (Fsp3) is 0.700. The van der Waals surface area contributed by atoms with E-state index in [0.29, 0.717) is 0 Å². The van der Waals surface area contributed by atoms with E-state index in [1.54, 1.807) is 16.8 Å². The molecule has 0 amide bonds. The van der Waals surface area contributed by atoms with Gasteiger partial charge in [-0.25, -0.2) is 0 Å². The Balaban J connectivity index is 1.34. The van der Waals surface area contributed by atoms with E-state index in [9.17, 15) is 0 Å². The Morgan fingerprint density at radius 3 is 2.93 bits per heavy atom. The normalized spacial score (nSPS) is 22.4. The fourth-order valence-electron chi connectivity index (χ4n) is 4.47. The second-order valence-corrected chi connectivity index (χ2v) is 10.1. The highest BCUT2D eigenvalue weighted by Crippen LogP contribution is 2.44. The summed E-state index contributed by atoms with van der Waals surface area (Å²) in [6.07, 6.45) is 6.69. The Morgan fingerprint density at radius 2 is 2.18 bits per heavy atom. The summed E-state index contributed by atoms with van der Waals surface area (Å²) in [7, 11) is 4.05. The summed E-state index contributed by atoms with van der Waals surface area (Å²) in [6.45, 7) is 7.30. The lowest BCUT2D eigenvalue weighted by molar-refractivity contribution is -0.0963. The summed E-state index contributed by atoms with van der Waals surface area (Å²) in [5, 5.41) is 4.34. The smallest absolute Gasteiger partial charge is 0.0966 e. The Bertz CT molecular complexity index is 699. The first kappa shape index (κ1) is 20.5. The van der Waals surface area contributed by atoms with Gasteiger partial charge in [-0.2, -0.15) is 0 Å². The summed E-state index contributed by atoms with van der Waals surface area (Å²) in [5.74, 6) is 1.05. The molecule has 0 unspecified atom stereocenters. The number of piperidine rings is 1. The Morgan fingerprint density at radius 1 is 1.36 bits per heavy atom. The van der Waals surface area contributed by atoms with E-state index in [2.05, 4.69) is 51.4 Å². The first-order valence-corrected chi connectivity index (χ1v) is 12.2. The lowest BCUT2D eigenvalue weighted by Crippen LogP contribution is -2.47. The van der Waals surface area contributed by atoms with E-state index >= 15 is 0 Å². The number of hydrogen-bond acceptors (Lipinski definition) is 8. The van der Waals surface area contributed by atoms with Crippen LogP contribution in [0, 0.1) is 0 Å². The second-order valence-electron chi connectivity index (χ2n) is 7.78. The van der Waals surface area contributed by atoms with Crippen LogP contribution in [0.15, 0.2) is 18.0 Å². The average Bonchev–Trinajstić information content (AvgIpc) is 3.28. The zero-order valence-corrected chi connectivity index (χ0v) is 18.9. The van der Waals surface area contributed by atoms with Crippen LogP contribution in [0.1, 0.15) is 35.1 Å². The Labute approximate surface area is 177 Å². The largest absolute Gasteiger partial charge is 0.370 e. The first-order valence-electron chi connectivity index (χ1n) is 10.4. The summed E-state index contributed by atoms with van der Waals surface area (Å²) >= 11 is 3.75. The molecule has 0 aliphatic carbocycles. The number of hydrazine groups is 2. The van der Waals surface area contributed by atoms with Crippen molar-refractivity contribution in [2.45, 2.75) is 38.2 Å². The topological polar surface area (TPSA) is 43.0 Å².